The van der Waals surface area contributed by atoms with E-state index < -0.39 is 23.7 Å². The largest absolute Gasteiger partial charge is 0.460 e. The number of aryl methyl sites for hydroxylation is 1. The first kappa shape index (κ1) is 13.6. The molecule has 6 heteroatoms. The van der Waals surface area contributed by atoms with Gasteiger partial charge < -0.3 is 4.42 Å². The van der Waals surface area contributed by atoms with E-state index in [0.29, 0.717) is 0 Å². The van der Waals surface area contributed by atoms with E-state index in [1.165, 1.54) is 18.2 Å². The van der Waals surface area contributed by atoms with E-state index in [1.54, 1.807) is 13.0 Å². The highest BCUT2D eigenvalue weighted by atomic mass is 19.3. The molecule has 19 heavy (non-hydrogen) atoms. The summed E-state index contributed by atoms with van der Waals surface area (Å²) >= 11 is 0. The van der Waals surface area contributed by atoms with Crippen molar-refractivity contribution in [2.75, 3.05) is 0 Å². The summed E-state index contributed by atoms with van der Waals surface area (Å²) in [6, 6.07) is 6.01. The van der Waals surface area contributed by atoms with Gasteiger partial charge in [-0.1, -0.05) is 25.1 Å². The molecular formula is C13H10F4O2. The third-order valence-electron chi connectivity index (χ3n) is 2.79. The fourth-order valence-corrected chi connectivity index (χ4v) is 1.86. The Morgan fingerprint density at radius 3 is 2.53 bits per heavy atom. The highest BCUT2D eigenvalue weighted by molar-refractivity contribution is 6.11. The van der Waals surface area contributed by atoms with Crippen molar-refractivity contribution in [1.29, 1.82) is 0 Å². The summed E-state index contributed by atoms with van der Waals surface area (Å²) < 4.78 is 56.2. The lowest BCUT2D eigenvalue weighted by Gasteiger charge is -2.13. The highest BCUT2D eigenvalue weighted by Gasteiger charge is 2.50. The molecule has 2 aromatic rings. The molecule has 0 aliphatic carbocycles. The van der Waals surface area contributed by atoms with Crippen molar-refractivity contribution in [2.24, 2.45) is 0 Å². The van der Waals surface area contributed by atoms with Crippen LogP contribution in [0.5, 0.6) is 0 Å². The number of alkyl halides is 4. The number of para-hydroxylation sites is 1. The number of fused-ring (bicyclic) bond motifs is 1. The van der Waals surface area contributed by atoms with Gasteiger partial charge in [-0.2, -0.15) is 8.78 Å². The number of rotatable bonds is 4. The minimum absolute atomic E-state index is 0.00785. The minimum Gasteiger partial charge on any atom is -0.460 e. The van der Waals surface area contributed by atoms with Crippen molar-refractivity contribution in [3.8, 4) is 0 Å². The topological polar surface area (TPSA) is 30.2 Å². The molecule has 0 aliphatic rings. The summed E-state index contributed by atoms with van der Waals surface area (Å²) in [4.78, 5) is 11.7. The Morgan fingerprint density at radius 1 is 1.32 bits per heavy atom. The van der Waals surface area contributed by atoms with Crippen molar-refractivity contribution in [2.45, 2.75) is 25.7 Å². The number of benzene rings is 1. The van der Waals surface area contributed by atoms with Gasteiger partial charge in [0.25, 0.3) is 0 Å². The summed E-state index contributed by atoms with van der Waals surface area (Å²) in [5, 5.41) is 0.129. The van der Waals surface area contributed by atoms with Crippen molar-refractivity contribution in [3.05, 3.63) is 35.6 Å². The normalized spacial score (nSPS) is 12.3. The van der Waals surface area contributed by atoms with Gasteiger partial charge in [-0.3, -0.25) is 4.79 Å². The number of Topliss-reactive ketones (excluding diaryl/α,β-unsaturated/α-hetero) is 1. The van der Waals surface area contributed by atoms with Crippen LogP contribution in [0, 0.1) is 0 Å². The number of halogens is 4. The Labute approximate surface area is 106 Å². The number of furan rings is 1. The van der Waals surface area contributed by atoms with Crippen LogP contribution in [-0.4, -0.2) is 18.1 Å². The Kier molecular flexibility index (Phi) is 3.34. The molecule has 2 rings (SSSR count). The molecule has 0 radical (unpaired) electrons. The summed E-state index contributed by atoms with van der Waals surface area (Å²) in [5.41, 5.74) is -0.226. The van der Waals surface area contributed by atoms with Gasteiger partial charge in [0, 0.05) is 11.8 Å². The third-order valence-corrected chi connectivity index (χ3v) is 2.79. The standard InChI is InChI=1S/C13H10F4O2/c1-2-8-10(11(18)13(16,17)12(14)15)7-5-3-4-6-9(7)19-8/h3-6,12H,2H2,1H3. The Balaban J connectivity index is 2.64. The predicted octanol–water partition coefficient (Wildman–Crippen LogP) is 4.08. The second kappa shape index (κ2) is 4.68. The molecule has 0 amide bonds. The Bertz CT molecular complexity index is 616. The van der Waals surface area contributed by atoms with Crippen molar-refractivity contribution in [1.82, 2.24) is 0 Å². The molecule has 0 atom stereocenters. The number of hydrogen-bond acceptors (Lipinski definition) is 2. The highest BCUT2D eigenvalue weighted by Crippen LogP contribution is 2.34. The minimum atomic E-state index is -4.71. The molecule has 0 saturated heterocycles. The van der Waals surface area contributed by atoms with Gasteiger partial charge in [0.05, 0.1) is 5.56 Å². The fourth-order valence-electron chi connectivity index (χ4n) is 1.86. The maximum Gasteiger partial charge on any atom is 0.369 e. The van der Waals surface area contributed by atoms with Crippen molar-refractivity contribution in [3.63, 3.8) is 0 Å². The van der Waals surface area contributed by atoms with E-state index >= 15 is 0 Å². The van der Waals surface area contributed by atoms with Gasteiger partial charge in [-0.25, -0.2) is 8.78 Å². The quantitative estimate of drug-likeness (QED) is 0.621. The van der Waals surface area contributed by atoms with Gasteiger partial charge in [0.2, 0.25) is 5.78 Å². The summed E-state index contributed by atoms with van der Waals surface area (Å²) in [6.07, 6.45) is -3.88. The van der Waals surface area contributed by atoms with E-state index in [2.05, 4.69) is 0 Å². The zero-order chi connectivity index (χ0) is 14.2. The van der Waals surface area contributed by atoms with Crippen LogP contribution >= 0.6 is 0 Å². The average molecular weight is 274 g/mol. The predicted molar refractivity (Wildman–Crippen MR) is 60.9 cm³/mol. The van der Waals surface area contributed by atoms with Crippen LogP contribution in [-0.2, 0) is 6.42 Å². The van der Waals surface area contributed by atoms with Gasteiger partial charge in [-0.15, -0.1) is 0 Å². The van der Waals surface area contributed by atoms with Crippen LogP contribution in [0.3, 0.4) is 0 Å². The van der Waals surface area contributed by atoms with Crippen molar-refractivity contribution < 1.29 is 26.8 Å². The number of ketones is 1. The smallest absolute Gasteiger partial charge is 0.369 e. The van der Waals surface area contributed by atoms with E-state index in [4.69, 9.17) is 4.42 Å². The van der Waals surface area contributed by atoms with E-state index in [0.717, 1.165) is 0 Å². The van der Waals surface area contributed by atoms with Crippen LogP contribution in [0.25, 0.3) is 11.0 Å². The molecule has 0 aliphatic heterocycles. The lowest BCUT2D eigenvalue weighted by Crippen LogP contribution is -2.36. The third kappa shape index (κ3) is 2.11. The van der Waals surface area contributed by atoms with Crippen LogP contribution in [0.1, 0.15) is 23.0 Å². The SMILES string of the molecule is CCc1oc2ccccc2c1C(=O)C(F)(F)C(F)F. The van der Waals surface area contributed by atoms with Gasteiger partial charge >= 0.3 is 12.3 Å². The number of hydrogen-bond donors (Lipinski definition) is 0. The molecule has 0 spiro atoms. The molecule has 0 fully saturated rings. The molecule has 0 bridgehead atoms. The zero-order valence-electron chi connectivity index (χ0n) is 9.92. The molecule has 0 N–H and O–H groups in total. The van der Waals surface area contributed by atoms with Gasteiger partial charge in [0.15, 0.2) is 0 Å². The Hall–Kier alpha value is -1.85. The maximum atomic E-state index is 13.2. The Morgan fingerprint density at radius 2 is 1.95 bits per heavy atom. The van der Waals surface area contributed by atoms with Crippen LogP contribution in [0.4, 0.5) is 17.6 Å². The molecule has 2 nitrogen and oxygen atoms in total. The first-order valence-electron chi connectivity index (χ1n) is 5.60. The lowest BCUT2D eigenvalue weighted by molar-refractivity contribution is -0.0958. The summed E-state index contributed by atoms with van der Waals surface area (Å²) in [6.45, 7) is 1.59. The van der Waals surface area contributed by atoms with Gasteiger partial charge in [-0.05, 0) is 6.07 Å². The molecule has 1 aromatic carbocycles. The second-order valence-electron chi connectivity index (χ2n) is 4.00. The zero-order valence-corrected chi connectivity index (χ0v) is 9.92. The average Bonchev–Trinajstić information content (AvgIpc) is 2.75. The van der Waals surface area contributed by atoms with E-state index in [1.807, 2.05) is 0 Å². The molecule has 1 heterocycles. The second-order valence-corrected chi connectivity index (χ2v) is 4.00. The number of carbonyl (C=O) groups is 1. The van der Waals surface area contributed by atoms with Crippen LogP contribution in [0.15, 0.2) is 28.7 Å². The lowest BCUT2D eigenvalue weighted by atomic mass is 10.0. The maximum absolute atomic E-state index is 13.2. The van der Waals surface area contributed by atoms with Crippen LogP contribution < -0.4 is 0 Å². The molecule has 0 saturated carbocycles. The van der Waals surface area contributed by atoms with E-state index in [-0.39, 0.29) is 23.2 Å². The fraction of sp³-hybridized carbons (Fsp3) is 0.308. The van der Waals surface area contributed by atoms with Crippen LogP contribution in [0.2, 0.25) is 0 Å². The molecule has 102 valence electrons. The molecular weight excluding hydrogens is 264 g/mol. The summed E-state index contributed by atoms with van der Waals surface area (Å²) in [5.74, 6) is -6.62. The molecule has 0 unspecified atom stereocenters. The monoisotopic (exact) mass is 274 g/mol. The molecule has 1 aromatic heterocycles. The summed E-state index contributed by atoms with van der Waals surface area (Å²) in [7, 11) is 0. The number of carbonyl (C=O) groups excluding carboxylic acids is 1. The first-order chi connectivity index (χ1) is 8.89. The van der Waals surface area contributed by atoms with E-state index in [9.17, 15) is 22.4 Å². The van der Waals surface area contributed by atoms with Crippen molar-refractivity contribution >= 4 is 16.8 Å². The first-order valence-corrected chi connectivity index (χ1v) is 5.60. The van der Waals surface area contributed by atoms with Gasteiger partial charge in [0.1, 0.15) is 11.3 Å².